The van der Waals surface area contributed by atoms with Gasteiger partial charge in [0, 0.05) is 20.5 Å². The lowest BCUT2D eigenvalue weighted by atomic mass is 9.75. The fourth-order valence-electron chi connectivity index (χ4n) is 2.54. The molecule has 0 atom stereocenters. The highest BCUT2D eigenvalue weighted by molar-refractivity contribution is 6.22. The third kappa shape index (κ3) is 1.23. The van der Waals surface area contributed by atoms with Gasteiger partial charge >= 0.3 is 0 Å². The Morgan fingerprint density at radius 1 is 1.00 bits per heavy atom. The predicted molar refractivity (Wildman–Crippen MR) is 45.8 cm³/mol. The van der Waals surface area contributed by atoms with Crippen molar-refractivity contribution in [2.24, 2.45) is 0 Å². The summed E-state index contributed by atoms with van der Waals surface area (Å²) in [5, 5.41) is 1.66. The molecule has 1 aliphatic rings. The van der Waals surface area contributed by atoms with Crippen molar-refractivity contribution >= 4 is 20.5 Å². The highest BCUT2D eigenvalue weighted by atomic mass is 28.2. The lowest BCUT2D eigenvalue weighted by Crippen LogP contribution is -2.32. The lowest BCUT2D eigenvalue weighted by Gasteiger charge is -2.49. The second-order valence-corrected chi connectivity index (χ2v) is 9.51. The molecule has 1 rings (SSSR count). The van der Waals surface area contributed by atoms with Crippen LogP contribution >= 0.6 is 0 Å². The van der Waals surface area contributed by atoms with Gasteiger partial charge in [-0.15, -0.1) is 0 Å². The van der Waals surface area contributed by atoms with E-state index < -0.39 is 0 Å². The summed E-state index contributed by atoms with van der Waals surface area (Å²) in [7, 11) is 2.82. The molecule has 0 bridgehead atoms. The molecule has 1 aliphatic carbocycles. The molecule has 0 aromatic heterocycles. The second-order valence-electron chi connectivity index (χ2n) is 4.68. The van der Waals surface area contributed by atoms with Crippen LogP contribution in [0.2, 0.25) is 10.1 Å². The molecule has 0 nitrogen and oxygen atoms in total. The van der Waals surface area contributed by atoms with E-state index in [1.54, 1.807) is 0 Å². The maximum Gasteiger partial charge on any atom is 0.0103 e. The van der Waals surface area contributed by atoms with E-state index >= 15 is 0 Å². The minimum atomic E-state index is 0.830. The topological polar surface area (TPSA) is 0 Å². The first-order valence-electron chi connectivity index (χ1n) is 3.41. The molecular formula is C6H16Si2. The molecule has 2 heteroatoms. The summed E-state index contributed by atoms with van der Waals surface area (Å²) in [4.78, 5) is 0. The Balaban J connectivity index is 2.42. The van der Waals surface area contributed by atoms with E-state index in [2.05, 4.69) is 13.8 Å². The molecule has 0 N–H and O–H groups in total. The molecule has 0 amide bonds. The van der Waals surface area contributed by atoms with Gasteiger partial charge < -0.3 is 0 Å². The van der Waals surface area contributed by atoms with Gasteiger partial charge in [-0.1, -0.05) is 13.8 Å². The first-order valence-corrected chi connectivity index (χ1v) is 5.41. The van der Waals surface area contributed by atoms with Crippen LogP contribution in [0.1, 0.15) is 26.7 Å². The molecule has 1 saturated carbocycles. The van der Waals surface area contributed by atoms with Crippen molar-refractivity contribution in [2.45, 2.75) is 36.8 Å². The highest BCUT2D eigenvalue weighted by Gasteiger charge is 2.41. The van der Waals surface area contributed by atoms with Crippen LogP contribution in [0.4, 0.5) is 0 Å². The molecule has 0 aromatic carbocycles. The van der Waals surface area contributed by atoms with Crippen LogP contribution in [0.3, 0.4) is 0 Å². The summed E-state index contributed by atoms with van der Waals surface area (Å²) < 4.78 is 0. The normalized spacial score (nSPS) is 56.2. The maximum absolute atomic E-state index is 2.43. The molecular weight excluding hydrogens is 128 g/mol. The summed E-state index contributed by atoms with van der Waals surface area (Å²) in [6, 6.07) is 0. The minimum absolute atomic E-state index is 0.830. The van der Waals surface area contributed by atoms with Crippen LogP contribution in [-0.2, 0) is 0 Å². The number of hydrogen-bond donors (Lipinski definition) is 0. The third-order valence-corrected chi connectivity index (χ3v) is 3.33. The molecule has 48 valence electrons. The van der Waals surface area contributed by atoms with Crippen LogP contribution in [0.5, 0.6) is 0 Å². The average molecular weight is 144 g/mol. The molecule has 8 heavy (non-hydrogen) atoms. The predicted octanol–water partition coefficient (Wildman–Crippen LogP) is -0.132. The van der Waals surface area contributed by atoms with Gasteiger partial charge in [-0.25, -0.2) is 0 Å². The molecule has 1 fully saturated rings. The van der Waals surface area contributed by atoms with Crippen LogP contribution in [0.15, 0.2) is 0 Å². The van der Waals surface area contributed by atoms with Crippen molar-refractivity contribution in [3.63, 3.8) is 0 Å². The van der Waals surface area contributed by atoms with Gasteiger partial charge in [-0.3, -0.25) is 0 Å². The first kappa shape index (κ1) is 6.55. The Kier molecular flexibility index (Phi) is 1.21. The Morgan fingerprint density at radius 3 is 1.25 bits per heavy atom. The van der Waals surface area contributed by atoms with Crippen LogP contribution in [0.25, 0.3) is 0 Å². The van der Waals surface area contributed by atoms with Crippen molar-refractivity contribution in [1.82, 2.24) is 0 Å². The molecule has 0 radical (unpaired) electrons. The van der Waals surface area contributed by atoms with Crippen molar-refractivity contribution in [2.75, 3.05) is 0 Å². The summed E-state index contributed by atoms with van der Waals surface area (Å²) in [6.07, 6.45) is 3.05. The van der Waals surface area contributed by atoms with Gasteiger partial charge in [0.05, 0.1) is 0 Å². The zero-order valence-electron chi connectivity index (χ0n) is 6.41. The van der Waals surface area contributed by atoms with Crippen molar-refractivity contribution in [1.29, 1.82) is 0 Å². The molecule has 0 saturated heterocycles. The average Bonchev–Trinajstić information content (AvgIpc) is 1.20. The Morgan fingerprint density at radius 2 is 1.25 bits per heavy atom. The number of hydrogen-bond acceptors (Lipinski definition) is 0. The zero-order valence-corrected chi connectivity index (χ0v) is 10.4. The summed E-state index contributed by atoms with van der Waals surface area (Å²) in [5.41, 5.74) is 0. The number of rotatable bonds is 0. The smallest absolute Gasteiger partial charge is 0.0103 e. The molecule has 0 aromatic rings. The minimum Gasteiger partial charge on any atom is -0.0629 e. The van der Waals surface area contributed by atoms with E-state index in [9.17, 15) is 0 Å². The van der Waals surface area contributed by atoms with Gasteiger partial charge in [-0.2, -0.15) is 0 Å². The van der Waals surface area contributed by atoms with Crippen molar-refractivity contribution in [3.8, 4) is 0 Å². The standard InChI is InChI=1S/C6H16Si2/c1-5(7)3-6(2,8)4-5/h3-4H2,1-2,7-8H3. The van der Waals surface area contributed by atoms with E-state index in [0.29, 0.717) is 0 Å². The van der Waals surface area contributed by atoms with Gasteiger partial charge in [-0.05, 0) is 22.9 Å². The Hall–Kier alpha value is 0.434. The molecule has 0 unspecified atom stereocenters. The van der Waals surface area contributed by atoms with Crippen LogP contribution in [-0.4, -0.2) is 20.5 Å². The second kappa shape index (κ2) is 1.48. The van der Waals surface area contributed by atoms with Crippen LogP contribution in [0, 0.1) is 0 Å². The van der Waals surface area contributed by atoms with Crippen molar-refractivity contribution in [3.05, 3.63) is 0 Å². The highest BCUT2D eigenvalue weighted by Crippen LogP contribution is 2.60. The van der Waals surface area contributed by atoms with Gasteiger partial charge in [0.2, 0.25) is 0 Å². The van der Waals surface area contributed by atoms with E-state index in [1.165, 1.54) is 33.3 Å². The van der Waals surface area contributed by atoms with E-state index in [-0.39, 0.29) is 0 Å². The fraction of sp³-hybridized carbons (Fsp3) is 1.00. The lowest BCUT2D eigenvalue weighted by molar-refractivity contribution is 0.272. The van der Waals surface area contributed by atoms with Gasteiger partial charge in [0.1, 0.15) is 0 Å². The zero-order chi connectivity index (χ0) is 6.41. The third-order valence-electron chi connectivity index (χ3n) is 1.91. The summed E-state index contributed by atoms with van der Waals surface area (Å²) in [6.45, 7) is 4.86. The van der Waals surface area contributed by atoms with Gasteiger partial charge in [0.25, 0.3) is 0 Å². The SMILES string of the molecule is CC1([SiH3])CC(C)([SiH3])C1. The molecule has 0 heterocycles. The maximum atomic E-state index is 2.43. The van der Waals surface area contributed by atoms with E-state index in [1.807, 2.05) is 0 Å². The summed E-state index contributed by atoms with van der Waals surface area (Å²) >= 11 is 0. The summed E-state index contributed by atoms with van der Waals surface area (Å²) in [5.74, 6) is 0. The Labute approximate surface area is 57.9 Å². The largest absolute Gasteiger partial charge is 0.0629 e. The van der Waals surface area contributed by atoms with E-state index in [0.717, 1.165) is 10.1 Å². The Bertz CT molecular complexity index is 83.1. The van der Waals surface area contributed by atoms with E-state index in [4.69, 9.17) is 0 Å². The molecule has 0 aliphatic heterocycles. The monoisotopic (exact) mass is 144 g/mol. The van der Waals surface area contributed by atoms with Gasteiger partial charge in [0.15, 0.2) is 0 Å². The fourth-order valence-corrected chi connectivity index (χ4v) is 7.78. The first-order chi connectivity index (χ1) is 3.41. The van der Waals surface area contributed by atoms with Crippen LogP contribution < -0.4 is 0 Å². The quantitative estimate of drug-likeness (QED) is 0.416. The molecule has 0 spiro atoms. The van der Waals surface area contributed by atoms with Crippen molar-refractivity contribution < 1.29 is 0 Å².